The summed E-state index contributed by atoms with van der Waals surface area (Å²) in [5, 5.41) is 7.42. The van der Waals surface area contributed by atoms with Gasteiger partial charge in [-0.15, -0.1) is 0 Å². The van der Waals surface area contributed by atoms with Gasteiger partial charge < -0.3 is 5.11 Å². The molecule has 1 aromatic carbocycles. The first kappa shape index (κ1) is 13.2. The fourth-order valence-corrected chi connectivity index (χ4v) is 7.23. The van der Waals surface area contributed by atoms with Gasteiger partial charge in [0.1, 0.15) is 0 Å². The van der Waals surface area contributed by atoms with Crippen LogP contribution in [0.1, 0.15) is 15.9 Å². The van der Waals surface area contributed by atoms with Crippen LogP contribution in [0.15, 0.2) is 52.1 Å². The van der Waals surface area contributed by atoms with E-state index >= 15 is 0 Å². The largest absolute Gasteiger partial charge is 0.481 e. The molecule has 0 amide bonds. The number of carboxylic acids is 1. The van der Waals surface area contributed by atoms with E-state index in [2.05, 4.69) is 52.1 Å². The normalized spacial score (nSPS) is 16.4. The van der Waals surface area contributed by atoms with Gasteiger partial charge in [-0.2, -0.15) is 0 Å². The van der Waals surface area contributed by atoms with Crippen LogP contribution in [-0.2, 0) is 29.4 Å². The van der Waals surface area contributed by atoms with Crippen LogP contribution in [0.4, 0.5) is 0 Å². The molecule has 0 aromatic heterocycles. The maximum atomic E-state index is 9.00. The van der Waals surface area contributed by atoms with Gasteiger partial charge in [0.2, 0.25) is 0 Å². The first-order valence-corrected chi connectivity index (χ1v) is 11.6. The van der Waals surface area contributed by atoms with Crippen LogP contribution < -0.4 is 0 Å². The van der Waals surface area contributed by atoms with E-state index < -0.39 is 30.5 Å². The van der Waals surface area contributed by atoms with E-state index in [-0.39, 0.29) is 0 Å². The molecule has 2 nitrogen and oxygen atoms in total. The Morgan fingerprint density at radius 1 is 1.25 bits per heavy atom. The summed E-state index contributed by atoms with van der Waals surface area (Å²) in [7, 11) is 0. The Kier molecular flexibility index (Phi) is 6.08. The zero-order chi connectivity index (χ0) is 11.8. The molecule has 1 N–H and O–H groups in total. The summed E-state index contributed by atoms with van der Waals surface area (Å²) in [5.41, 5.74) is 1.51. The van der Waals surface area contributed by atoms with Crippen LogP contribution in [0.25, 0.3) is 0 Å². The predicted molar refractivity (Wildman–Crippen MR) is 60.8 cm³/mol. The summed E-state index contributed by atoms with van der Waals surface area (Å²) in [5.74, 6) is -0.833. The second kappa shape index (κ2) is 7.39. The van der Waals surface area contributed by atoms with E-state index in [4.69, 9.17) is 9.90 Å². The number of allylic oxidation sites excluding steroid dienone is 3. The van der Waals surface area contributed by atoms with Gasteiger partial charge in [0, 0.05) is 6.92 Å². The number of aliphatic carboxylic acids is 1. The quantitative estimate of drug-likeness (QED) is 0.733. The summed E-state index contributed by atoms with van der Waals surface area (Å²) < 4.78 is 3.26. The van der Waals surface area contributed by atoms with Crippen LogP contribution in [-0.4, -0.2) is 11.1 Å². The Bertz CT molecular complexity index is 378. The van der Waals surface area contributed by atoms with Crippen LogP contribution >= 0.6 is 0 Å². The number of carbonyl (C=O) groups is 1. The molecule has 16 heavy (non-hydrogen) atoms. The van der Waals surface area contributed by atoms with E-state index in [0.29, 0.717) is 0 Å². The van der Waals surface area contributed by atoms with E-state index in [1.54, 1.807) is 0 Å². The van der Waals surface area contributed by atoms with Crippen molar-refractivity contribution in [2.75, 3.05) is 0 Å². The molecule has 3 heteroatoms. The molecule has 1 atom stereocenters. The van der Waals surface area contributed by atoms with Gasteiger partial charge >= 0.3 is 85.7 Å². The third kappa shape index (κ3) is 5.26. The van der Waals surface area contributed by atoms with Crippen molar-refractivity contribution in [1.82, 2.24) is 0 Å². The third-order valence-electron chi connectivity index (χ3n) is 2.21. The molecular formula is C13H14HgO2. The first-order chi connectivity index (χ1) is 7.70. The molecule has 1 aromatic rings. The van der Waals surface area contributed by atoms with Gasteiger partial charge in [-0.25, -0.2) is 0 Å². The number of carboxylic acid groups (broad SMARTS) is 1. The summed E-state index contributed by atoms with van der Waals surface area (Å²) in [6.45, 7) is 1.08. The standard InChI is InChI=1S/C11H10.C2H4O2.Hg/c1-2-3-5-8-11-9-6-4-7-10-11;1-2(3)4;/h1-10H;1H3,(H,3,4);. The molecule has 0 saturated heterocycles. The van der Waals surface area contributed by atoms with Gasteiger partial charge in [-0.05, 0) is 0 Å². The Morgan fingerprint density at radius 2 is 1.88 bits per heavy atom. The molecule has 1 aliphatic heterocycles. The van der Waals surface area contributed by atoms with Crippen LogP contribution in [0.5, 0.6) is 0 Å². The molecule has 2 rings (SSSR count). The van der Waals surface area contributed by atoms with Gasteiger partial charge in [0.25, 0.3) is 5.97 Å². The Labute approximate surface area is 108 Å². The van der Waals surface area contributed by atoms with Crippen molar-refractivity contribution in [3.8, 4) is 0 Å². The fraction of sp³-hybridized carbons (Fsp3) is 0.154. The Morgan fingerprint density at radius 3 is 2.38 bits per heavy atom. The minimum atomic E-state index is -0.833. The third-order valence-corrected chi connectivity index (χ3v) is 9.19. The summed E-state index contributed by atoms with van der Waals surface area (Å²) in [6.07, 6.45) is 6.75. The van der Waals surface area contributed by atoms with Crippen molar-refractivity contribution in [1.29, 1.82) is 0 Å². The molecule has 0 fully saturated rings. The zero-order valence-corrected chi connectivity index (χ0v) is 14.8. The SMILES string of the molecule is C1=[CH][Hg][CH](c2ccccc2)C=C1.CC(=O)O. The maximum Gasteiger partial charge on any atom is 0.300 e. The van der Waals surface area contributed by atoms with Crippen molar-refractivity contribution in [2.45, 2.75) is 10.4 Å². The van der Waals surface area contributed by atoms with Crippen LogP contribution in [0, 0.1) is 0 Å². The average Bonchev–Trinajstić information content (AvgIpc) is 2.31. The van der Waals surface area contributed by atoms with Crippen molar-refractivity contribution >= 4 is 5.97 Å². The summed E-state index contributed by atoms with van der Waals surface area (Å²) in [6, 6.07) is 10.8. The van der Waals surface area contributed by atoms with Gasteiger partial charge in [0.05, 0.1) is 0 Å². The van der Waals surface area contributed by atoms with Gasteiger partial charge in [-0.1, -0.05) is 0 Å². The smallest absolute Gasteiger partial charge is 0.300 e. The molecule has 1 unspecified atom stereocenters. The minimum Gasteiger partial charge on any atom is -0.481 e. The average molecular weight is 403 g/mol. The number of hydrogen-bond donors (Lipinski definition) is 1. The van der Waals surface area contributed by atoms with Crippen LogP contribution in [0.3, 0.4) is 0 Å². The molecule has 80 valence electrons. The van der Waals surface area contributed by atoms with Gasteiger partial charge in [0.15, 0.2) is 0 Å². The second-order valence-corrected chi connectivity index (χ2v) is 10.7. The molecule has 1 aliphatic rings. The Hall–Kier alpha value is -0.895. The predicted octanol–water partition coefficient (Wildman–Crippen LogP) is 2.98. The van der Waals surface area contributed by atoms with E-state index in [1.807, 2.05) is 0 Å². The summed E-state index contributed by atoms with van der Waals surface area (Å²) >= 11 is -0.753. The molecule has 0 bridgehead atoms. The van der Waals surface area contributed by atoms with E-state index in [0.717, 1.165) is 10.4 Å². The molecule has 0 aliphatic carbocycles. The molecule has 0 saturated carbocycles. The fourth-order valence-electron chi connectivity index (χ4n) is 1.53. The first-order valence-electron chi connectivity index (χ1n) is 5.28. The van der Waals surface area contributed by atoms with Crippen molar-refractivity contribution in [3.63, 3.8) is 0 Å². The molecule has 0 radical (unpaired) electrons. The number of benzene rings is 1. The zero-order valence-electron chi connectivity index (χ0n) is 9.34. The number of rotatable bonds is 1. The van der Waals surface area contributed by atoms with E-state index in [1.165, 1.54) is 5.56 Å². The van der Waals surface area contributed by atoms with E-state index in [9.17, 15) is 0 Å². The molecule has 0 spiro atoms. The van der Waals surface area contributed by atoms with Crippen LogP contribution in [0.2, 0.25) is 0 Å². The Balaban J connectivity index is 0.000000280. The molecule has 1 heterocycles. The second-order valence-electron chi connectivity index (χ2n) is 3.58. The van der Waals surface area contributed by atoms with Crippen molar-refractivity contribution < 1.29 is 34.5 Å². The van der Waals surface area contributed by atoms with Crippen molar-refractivity contribution in [3.05, 3.63) is 57.7 Å². The maximum absolute atomic E-state index is 9.00. The number of hydrogen-bond acceptors (Lipinski definition) is 1. The monoisotopic (exact) mass is 404 g/mol. The molecular weight excluding hydrogens is 389 g/mol. The van der Waals surface area contributed by atoms with Gasteiger partial charge in [-0.3, -0.25) is 4.79 Å². The summed E-state index contributed by atoms with van der Waals surface area (Å²) in [4.78, 5) is 9.00. The van der Waals surface area contributed by atoms with Crippen molar-refractivity contribution in [2.24, 2.45) is 0 Å². The topological polar surface area (TPSA) is 37.3 Å². The minimum absolute atomic E-state index is 0.753.